The topological polar surface area (TPSA) is 3.24 Å². The molecule has 0 N–H and O–H groups in total. The van der Waals surface area contributed by atoms with E-state index >= 15 is 0 Å². The van der Waals surface area contributed by atoms with Crippen LogP contribution >= 0.6 is 0 Å². The summed E-state index contributed by atoms with van der Waals surface area (Å²) in [6.07, 6.45) is 6.76. The molecule has 8 aromatic carbocycles. The summed E-state index contributed by atoms with van der Waals surface area (Å²) in [5, 5.41) is 4.99. The van der Waals surface area contributed by atoms with Crippen molar-refractivity contribution in [2.24, 2.45) is 0 Å². The Bertz CT molecular complexity index is 2660. The van der Waals surface area contributed by atoms with Crippen LogP contribution in [-0.2, 0) is 5.41 Å². The van der Waals surface area contributed by atoms with E-state index in [2.05, 4.69) is 189 Å². The van der Waals surface area contributed by atoms with Crippen LogP contribution in [0.4, 0.5) is 17.1 Å². The number of hydrogen-bond acceptors (Lipinski definition) is 1. The smallest absolute Gasteiger partial charge is 0.0546 e. The van der Waals surface area contributed by atoms with Crippen LogP contribution in [0.1, 0.15) is 68.6 Å². The maximum absolute atomic E-state index is 2.49. The lowest BCUT2D eigenvalue weighted by molar-refractivity contribution is 0.443. The average Bonchev–Trinajstić information content (AvgIpc) is 3.46. The molecule has 0 aliphatic heterocycles. The first-order chi connectivity index (χ1) is 26.5. The molecular formula is C53H45N. The monoisotopic (exact) mass is 695 g/mol. The van der Waals surface area contributed by atoms with Crippen molar-refractivity contribution in [2.45, 2.75) is 57.3 Å². The second-order valence-electron chi connectivity index (χ2n) is 16.0. The first kappa shape index (κ1) is 32.7. The second-order valence-corrected chi connectivity index (χ2v) is 16.0. The summed E-state index contributed by atoms with van der Waals surface area (Å²) in [6.45, 7) is 4.74. The Kier molecular flexibility index (Phi) is 7.99. The molecule has 262 valence electrons. The molecular weight excluding hydrogens is 651 g/mol. The molecule has 1 fully saturated rings. The molecule has 0 atom stereocenters. The molecule has 1 heteroatoms. The molecule has 0 heterocycles. The fourth-order valence-corrected chi connectivity index (χ4v) is 9.54. The predicted octanol–water partition coefficient (Wildman–Crippen LogP) is 15.2. The lowest BCUT2D eigenvalue weighted by Gasteiger charge is -2.30. The van der Waals surface area contributed by atoms with Gasteiger partial charge in [0, 0.05) is 22.4 Å². The van der Waals surface area contributed by atoms with Crippen molar-refractivity contribution >= 4 is 38.6 Å². The molecule has 2 aliphatic carbocycles. The molecule has 54 heavy (non-hydrogen) atoms. The van der Waals surface area contributed by atoms with Crippen molar-refractivity contribution in [3.63, 3.8) is 0 Å². The van der Waals surface area contributed by atoms with Crippen LogP contribution in [0.5, 0.6) is 0 Å². The summed E-state index contributed by atoms with van der Waals surface area (Å²) < 4.78 is 0. The van der Waals surface area contributed by atoms with Gasteiger partial charge in [-0.3, -0.25) is 0 Å². The van der Waals surface area contributed by atoms with E-state index in [1.165, 1.54) is 109 Å². The van der Waals surface area contributed by atoms with Gasteiger partial charge in [-0.25, -0.2) is 0 Å². The van der Waals surface area contributed by atoms with Crippen LogP contribution < -0.4 is 4.90 Å². The highest BCUT2D eigenvalue weighted by molar-refractivity contribution is 6.07. The number of fused-ring (bicyclic) bond motifs is 5. The lowest BCUT2D eigenvalue weighted by Crippen LogP contribution is -2.17. The van der Waals surface area contributed by atoms with Gasteiger partial charge in [0.1, 0.15) is 0 Å². The van der Waals surface area contributed by atoms with Crippen molar-refractivity contribution in [1.29, 1.82) is 0 Å². The zero-order valence-electron chi connectivity index (χ0n) is 31.2. The molecule has 0 amide bonds. The van der Waals surface area contributed by atoms with E-state index in [4.69, 9.17) is 0 Å². The van der Waals surface area contributed by atoms with Crippen molar-refractivity contribution in [3.05, 3.63) is 187 Å². The molecule has 8 aromatic rings. The number of nitrogens with zero attached hydrogens (tertiary/aromatic N) is 1. The number of benzene rings is 8. The van der Waals surface area contributed by atoms with Gasteiger partial charge in [0.25, 0.3) is 0 Å². The van der Waals surface area contributed by atoms with E-state index in [1.54, 1.807) is 0 Å². The van der Waals surface area contributed by atoms with Gasteiger partial charge in [0.15, 0.2) is 0 Å². The molecule has 1 saturated carbocycles. The Balaban J connectivity index is 1.14. The highest BCUT2D eigenvalue weighted by Gasteiger charge is 2.36. The highest BCUT2D eigenvalue weighted by Crippen LogP contribution is 2.52. The molecule has 1 nitrogen and oxygen atoms in total. The van der Waals surface area contributed by atoms with Gasteiger partial charge in [0.2, 0.25) is 0 Å². The molecule has 0 saturated heterocycles. The maximum atomic E-state index is 2.49. The second kappa shape index (κ2) is 13.2. The number of anilines is 3. The maximum Gasteiger partial charge on any atom is 0.0546 e. The quantitative estimate of drug-likeness (QED) is 0.167. The van der Waals surface area contributed by atoms with Gasteiger partial charge < -0.3 is 4.90 Å². The minimum Gasteiger partial charge on any atom is -0.310 e. The Morgan fingerprint density at radius 2 is 1.07 bits per heavy atom. The van der Waals surface area contributed by atoms with Gasteiger partial charge in [-0.1, -0.05) is 167 Å². The van der Waals surface area contributed by atoms with Gasteiger partial charge in [-0.2, -0.15) is 0 Å². The summed E-state index contributed by atoms with van der Waals surface area (Å²) in [7, 11) is 0. The van der Waals surface area contributed by atoms with Crippen molar-refractivity contribution in [2.75, 3.05) is 4.90 Å². The van der Waals surface area contributed by atoms with E-state index in [9.17, 15) is 0 Å². The standard InChI is InChI=1S/C53H45N/c1-53(2)49-19-11-10-18-47(49)48-32-31-45(35-50(48)53)54(44-29-26-40(27-30-44)39-22-20-38(21-23-39)36-12-4-3-5-13-36)51-33-28-41-15-8-9-17-46(41)52(51)43-25-24-37-14-6-7-16-42(37)34-43/h6-11,14-36H,3-5,12-13H2,1-2H3. The Morgan fingerprint density at radius 3 is 1.87 bits per heavy atom. The van der Waals surface area contributed by atoms with Gasteiger partial charge >= 0.3 is 0 Å². The van der Waals surface area contributed by atoms with E-state index in [-0.39, 0.29) is 5.41 Å². The normalized spacial score (nSPS) is 14.9. The molecule has 0 aromatic heterocycles. The largest absolute Gasteiger partial charge is 0.310 e. The number of rotatable bonds is 6. The summed E-state index contributed by atoms with van der Waals surface area (Å²) in [6, 6.07) is 63.8. The fraction of sp³-hybridized carbons (Fsp3) is 0.170. The summed E-state index contributed by atoms with van der Waals surface area (Å²) in [5.41, 5.74) is 15.3. The Labute approximate surface area is 319 Å². The van der Waals surface area contributed by atoms with Crippen molar-refractivity contribution in [1.82, 2.24) is 0 Å². The first-order valence-electron chi connectivity index (χ1n) is 19.8. The zero-order valence-corrected chi connectivity index (χ0v) is 31.2. The van der Waals surface area contributed by atoms with Crippen LogP contribution in [-0.4, -0.2) is 0 Å². The van der Waals surface area contributed by atoms with Crippen LogP contribution in [0.2, 0.25) is 0 Å². The van der Waals surface area contributed by atoms with Gasteiger partial charge in [-0.15, -0.1) is 0 Å². The molecule has 0 radical (unpaired) electrons. The van der Waals surface area contributed by atoms with Gasteiger partial charge in [0.05, 0.1) is 5.69 Å². The van der Waals surface area contributed by atoms with Crippen LogP contribution in [0.3, 0.4) is 0 Å². The summed E-state index contributed by atoms with van der Waals surface area (Å²) in [5.74, 6) is 0.715. The predicted molar refractivity (Wildman–Crippen MR) is 230 cm³/mol. The molecule has 0 spiro atoms. The minimum atomic E-state index is -0.105. The first-order valence-corrected chi connectivity index (χ1v) is 19.8. The summed E-state index contributed by atoms with van der Waals surface area (Å²) in [4.78, 5) is 2.49. The van der Waals surface area contributed by atoms with E-state index < -0.39 is 0 Å². The Hall–Kier alpha value is -5.92. The zero-order chi connectivity index (χ0) is 36.2. The third-order valence-electron chi connectivity index (χ3n) is 12.5. The van der Waals surface area contributed by atoms with Crippen molar-refractivity contribution in [3.8, 4) is 33.4 Å². The Morgan fingerprint density at radius 1 is 0.463 bits per heavy atom. The van der Waals surface area contributed by atoms with Crippen LogP contribution in [0, 0.1) is 0 Å². The SMILES string of the molecule is CC1(C)c2ccccc2-c2ccc(N(c3ccc(-c4ccc(C5CCCCC5)cc4)cc3)c3ccc4ccccc4c3-c3ccc4ccccc4c3)cc21. The summed E-state index contributed by atoms with van der Waals surface area (Å²) >= 11 is 0. The molecule has 10 rings (SSSR count). The fourth-order valence-electron chi connectivity index (χ4n) is 9.54. The lowest BCUT2D eigenvalue weighted by atomic mass is 9.82. The van der Waals surface area contributed by atoms with Crippen LogP contribution in [0.15, 0.2) is 170 Å². The van der Waals surface area contributed by atoms with Crippen LogP contribution in [0.25, 0.3) is 54.9 Å². The minimum absolute atomic E-state index is 0.105. The van der Waals surface area contributed by atoms with E-state index in [1.807, 2.05) is 0 Å². The molecule has 0 unspecified atom stereocenters. The molecule has 2 aliphatic rings. The van der Waals surface area contributed by atoms with E-state index in [0.29, 0.717) is 5.92 Å². The van der Waals surface area contributed by atoms with E-state index in [0.717, 1.165) is 11.4 Å². The third-order valence-corrected chi connectivity index (χ3v) is 12.5. The third kappa shape index (κ3) is 5.53. The number of hydrogen-bond donors (Lipinski definition) is 0. The van der Waals surface area contributed by atoms with Gasteiger partial charge in [-0.05, 0) is 121 Å². The van der Waals surface area contributed by atoms with Crippen molar-refractivity contribution < 1.29 is 0 Å². The average molecular weight is 696 g/mol. The highest BCUT2D eigenvalue weighted by atomic mass is 15.1. The molecule has 0 bridgehead atoms.